The fraction of sp³-hybridized carbons (Fsp3) is 0.882. The van der Waals surface area contributed by atoms with Gasteiger partial charge in [-0.15, -0.1) is 0 Å². The van der Waals surface area contributed by atoms with E-state index in [4.69, 9.17) is 0 Å². The molecule has 0 aromatic rings. The van der Waals surface area contributed by atoms with Gasteiger partial charge < -0.3 is 0 Å². The van der Waals surface area contributed by atoms with Crippen LogP contribution in [0.4, 0.5) is 0 Å². The minimum Gasteiger partial charge on any atom is -0.0885 e. The molecule has 17 heavy (non-hydrogen) atoms. The molecule has 0 aliphatic heterocycles. The zero-order valence-corrected chi connectivity index (χ0v) is 12.5. The van der Waals surface area contributed by atoms with Crippen LogP contribution in [-0.2, 0) is 0 Å². The van der Waals surface area contributed by atoms with Gasteiger partial charge >= 0.3 is 0 Å². The van der Waals surface area contributed by atoms with Gasteiger partial charge in [0.1, 0.15) is 0 Å². The van der Waals surface area contributed by atoms with E-state index in [1.807, 2.05) is 0 Å². The molecule has 0 heterocycles. The summed E-state index contributed by atoms with van der Waals surface area (Å²) in [6, 6.07) is 0. The summed E-state index contributed by atoms with van der Waals surface area (Å²) in [5.74, 6) is 0.887. The zero-order valence-electron chi connectivity index (χ0n) is 12.5. The Labute approximate surface area is 110 Å². The van der Waals surface area contributed by atoms with Gasteiger partial charge in [0, 0.05) is 0 Å². The first-order chi connectivity index (χ1) is 8.27. The molecular formula is C17H34. The van der Waals surface area contributed by atoms with Gasteiger partial charge in [-0.2, -0.15) is 0 Å². The predicted molar refractivity (Wildman–Crippen MR) is 80.4 cm³/mol. The fourth-order valence-corrected chi connectivity index (χ4v) is 2.09. The highest BCUT2D eigenvalue weighted by molar-refractivity contribution is 4.81. The number of hydrogen-bond donors (Lipinski definition) is 0. The third kappa shape index (κ3) is 15.7. The van der Waals surface area contributed by atoms with Gasteiger partial charge in [0.25, 0.3) is 0 Å². The molecule has 0 aromatic carbocycles. The quantitative estimate of drug-likeness (QED) is 0.268. The van der Waals surface area contributed by atoms with Crippen molar-refractivity contribution in [1.82, 2.24) is 0 Å². The van der Waals surface area contributed by atoms with Crippen LogP contribution in [0.15, 0.2) is 12.2 Å². The second-order valence-corrected chi connectivity index (χ2v) is 5.71. The van der Waals surface area contributed by atoms with Crippen molar-refractivity contribution in [3.05, 3.63) is 12.2 Å². The molecular weight excluding hydrogens is 204 g/mol. The van der Waals surface area contributed by atoms with E-state index in [0.717, 1.165) is 5.92 Å². The SMILES string of the molecule is CCCCCCC=CCCCCCCC(C)C. The molecule has 0 amide bonds. The Morgan fingerprint density at radius 2 is 1.24 bits per heavy atom. The normalized spacial score (nSPS) is 11.8. The summed E-state index contributed by atoms with van der Waals surface area (Å²) in [6.07, 6.45) is 20.0. The third-order valence-electron chi connectivity index (χ3n) is 3.29. The van der Waals surface area contributed by atoms with Crippen molar-refractivity contribution in [3.8, 4) is 0 Å². The van der Waals surface area contributed by atoms with E-state index < -0.39 is 0 Å². The summed E-state index contributed by atoms with van der Waals surface area (Å²) in [4.78, 5) is 0. The van der Waals surface area contributed by atoms with Gasteiger partial charge in [-0.05, 0) is 31.6 Å². The van der Waals surface area contributed by atoms with Gasteiger partial charge in [0.05, 0.1) is 0 Å². The van der Waals surface area contributed by atoms with Crippen LogP contribution in [0, 0.1) is 5.92 Å². The molecule has 0 aromatic heterocycles. The van der Waals surface area contributed by atoms with Gasteiger partial charge in [-0.25, -0.2) is 0 Å². The zero-order chi connectivity index (χ0) is 12.8. The van der Waals surface area contributed by atoms with E-state index in [1.165, 1.54) is 70.6 Å². The van der Waals surface area contributed by atoms with E-state index in [2.05, 4.69) is 32.9 Å². The molecule has 102 valence electrons. The van der Waals surface area contributed by atoms with Gasteiger partial charge in [0.2, 0.25) is 0 Å². The van der Waals surface area contributed by atoms with Crippen LogP contribution in [0.25, 0.3) is 0 Å². The summed E-state index contributed by atoms with van der Waals surface area (Å²) in [5.41, 5.74) is 0. The fourth-order valence-electron chi connectivity index (χ4n) is 2.09. The molecule has 0 N–H and O–H groups in total. The Morgan fingerprint density at radius 3 is 1.76 bits per heavy atom. The summed E-state index contributed by atoms with van der Waals surface area (Å²) in [7, 11) is 0. The Kier molecular flexibility index (Phi) is 13.6. The largest absolute Gasteiger partial charge is 0.0885 e. The molecule has 0 radical (unpaired) electrons. The molecule has 0 saturated heterocycles. The molecule has 0 fully saturated rings. The summed E-state index contributed by atoms with van der Waals surface area (Å²) in [6.45, 7) is 6.91. The third-order valence-corrected chi connectivity index (χ3v) is 3.29. The molecule has 0 aliphatic rings. The van der Waals surface area contributed by atoms with Crippen molar-refractivity contribution in [2.75, 3.05) is 0 Å². The first-order valence-corrected chi connectivity index (χ1v) is 7.92. The standard InChI is InChI=1S/C17H34/c1-4-5-6-7-8-9-10-11-12-13-14-15-16-17(2)3/h9-10,17H,4-8,11-16H2,1-3H3. The predicted octanol–water partition coefficient (Wildman–Crippen LogP) is 6.51. The lowest BCUT2D eigenvalue weighted by Crippen LogP contribution is -1.86. The molecule has 0 rings (SSSR count). The molecule has 0 aliphatic carbocycles. The topological polar surface area (TPSA) is 0 Å². The van der Waals surface area contributed by atoms with Gasteiger partial charge in [-0.3, -0.25) is 0 Å². The summed E-state index contributed by atoms with van der Waals surface area (Å²) >= 11 is 0. The van der Waals surface area contributed by atoms with Crippen LogP contribution in [0.5, 0.6) is 0 Å². The second-order valence-electron chi connectivity index (χ2n) is 5.71. The Hall–Kier alpha value is -0.260. The number of hydrogen-bond acceptors (Lipinski definition) is 0. The van der Waals surface area contributed by atoms with Gasteiger partial charge in [0.15, 0.2) is 0 Å². The molecule has 0 atom stereocenters. The van der Waals surface area contributed by atoms with E-state index in [9.17, 15) is 0 Å². The van der Waals surface area contributed by atoms with Crippen LogP contribution in [0.1, 0.15) is 91.4 Å². The van der Waals surface area contributed by atoms with Crippen molar-refractivity contribution in [3.63, 3.8) is 0 Å². The second kappa shape index (κ2) is 13.8. The summed E-state index contributed by atoms with van der Waals surface area (Å²) < 4.78 is 0. The molecule has 0 saturated carbocycles. The van der Waals surface area contributed by atoms with Crippen molar-refractivity contribution in [2.24, 2.45) is 5.92 Å². The first-order valence-electron chi connectivity index (χ1n) is 7.92. The van der Waals surface area contributed by atoms with Crippen molar-refractivity contribution >= 4 is 0 Å². The van der Waals surface area contributed by atoms with Crippen LogP contribution in [0.2, 0.25) is 0 Å². The average molecular weight is 238 g/mol. The van der Waals surface area contributed by atoms with Crippen molar-refractivity contribution in [1.29, 1.82) is 0 Å². The van der Waals surface area contributed by atoms with Crippen LogP contribution in [0.3, 0.4) is 0 Å². The van der Waals surface area contributed by atoms with E-state index in [-0.39, 0.29) is 0 Å². The van der Waals surface area contributed by atoms with Crippen molar-refractivity contribution in [2.45, 2.75) is 91.4 Å². The lowest BCUT2D eigenvalue weighted by atomic mass is 10.0. The number of unbranched alkanes of at least 4 members (excludes halogenated alkanes) is 8. The van der Waals surface area contributed by atoms with E-state index >= 15 is 0 Å². The maximum absolute atomic E-state index is 2.40. The molecule has 0 bridgehead atoms. The van der Waals surface area contributed by atoms with Gasteiger partial charge in [-0.1, -0.05) is 77.9 Å². The maximum Gasteiger partial charge on any atom is -0.0351 e. The Bertz CT molecular complexity index is 155. The molecule has 0 nitrogen and oxygen atoms in total. The summed E-state index contributed by atoms with van der Waals surface area (Å²) in [5, 5.41) is 0. The van der Waals surface area contributed by atoms with Crippen LogP contribution >= 0.6 is 0 Å². The number of rotatable bonds is 12. The average Bonchev–Trinajstić information content (AvgIpc) is 2.30. The lowest BCUT2D eigenvalue weighted by molar-refractivity contribution is 0.521. The van der Waals surface area contributed by atoms with E-state index in [1.54, 1.807) is 0 Å². The smallest absolute Gasteiger partial charge is 0.0351 e. The van der Waals surface area contributed by atoms with Crippen LogP contribution < -0.4 is 0 Å². The monoisotopic (exact) mass is 238 g/mol. The minimum absolute atomic E-state index is 0.887. The van der Waals surface area contributed by atoms with Crippen molar-refractivity contribution < 1.29 is 0 Å². The molecule has 0 unspecified atom stereocenters. The minimum atomic E-state index is 0.887. The van der Waals surface area contributed by atoms with Crippen LogP contribution in [-0.4, -0.2) is 0 Å². The van der Waals surface area contributed by atoms with E-state index in [0.29, 0.717) is 0 Å². The molecule has 0 heteroatoms. The highest BCUT2D eigenvalue weighted by Gasteiger charge is 1.93. The highest BCUT2D eigenvalue weighted by atomic mass is 14.0. The first kappa shape index (κ1) is 16.7. The Balaban J connectivity index is 3.04. The highest BCUT2D eigenvalue weighted by Crippen LogP contribution is 2.11. The lowest BCUT2D eigenvalue weighted by Gasteiger charge is -2.03. The Morgan fingerprint density at radius 1 is 0.706 bits per heavy atom. The molecule has 0 spiro atoms. The maximum atomic E-state index is 2.40. The number of allylic oxidation sites excluding steroid dienone is 2.